The summed E-state index contributed by atoms with van der Waals surface area (Å²) in [6.45, 7) is 6.62. The summed E-state index contributed by atoms with van der Waals surface area (Å²) in [5.74, 6) is 0.721. The van der Waals surface area contributed by atoms with E-state index < -0.39 is 0 Å². The fourth-order valence-corrected chi connectivity index (χ4v) is 2.65. The third-order valence-electron chi connectivity index (χ3n) is 3.73. The van der Waals surface area contributed by atoms with Crippen molar-refractivity contribution in [3.8, 4) is 0 Å². The normalized spacial score (nSPS) is 11.4. The molecule has 0 radical (unpaired) electrons. The molecule has 0 saturated carbocycles. The Bertz CT molecular complexity index is 901. The number of benzene rings is 1. The summed E-state index contributed by atoms with van der Waals surface area (Å²) in [6, 6.07) is 10.3. The van der Waals surface area contributed by atoms with Crippen molar-refractivity contribution >= 4 is 18.4 Å². The highest BCUT2D eigenvalue weighted by molar-refractivity contribution is 7.71. The van der Waals surface area contributed by atoms with Crippen LogP contribution in [0.5, 0.6) is 0 Å². The smallest absolute Gasteiger partial charge is 0.216 e. The Morgan fingerprint density at radius 2 is 1.96 bits per heavy atom. The van der Waals surface area contributed by atoms with E-state index in [1.54, 1.807) is 10.9 Å². The number of hydrogen-bond acceptors (Lipinski definition) is 4. The van der Waals surface area contributed by atoms with Gasteiger partial charge in [0.15, 0.2) is 0 Å². The molecule has 2 heterocycles. The lowest BCUT2D eigenvalue weighted by molar-refractivity contribution is 0.659. The molecule has 0 bridgehead atoms. The second kappa shape index (κ2) is 6.29. The molecule has 0 aliphatic carbocycles. The van der Waals surface area contributed by atoms with Gasteiger partial charge in [0.05, 0.1) is 18.5 Å². The molecule has 0 amide bonds. The van der Waals surface area contributed by atoms with E-state index in [-0.39, 0.29) is 0 Å². The lowest BCUT2D eigenvalue weighted by atomic mass is 10.2. The molecule has 7 heteroatoms. The molecule has 0 spiro atoms. The van der Waals surface area contributed by atoms with Crippen molar-refractivity contribution in [3.05, 3.63) is 63.4 Å². The molecule has 0 fully saturated rings. The molecule has 0 aliphatic rings. The van der Waals surface area contributed by atoms with Crippen molar-refractivity contribution in [2.24, 2.45) is 5.10 Å². The summed E-state index contributed by atoms with van der Waals surface area (Å²) in [6.07, 6.45) is 1.79. The van der Waals surface area contributed by atoms with E-state index in [4.69, 9.17) is 12.2 Å². The fraction of sp³-hybridized carbons (Fsp3) is 0.250. The van der Waals surface area contributed by atoms with Crippen LogP contribution in [0.2, 0.25) is 0 Å². The van der Waals surface area contributed by atoms with Crippen LogP contribution in [-0.2, 0) is 6.54 Å². The predicted octanol–water partition coefficient (Wildman–Crippen LogP) is 2.99. The maximum Gasteiger partial charge on any atom is 0.216 e. The molecule has 6 nitrogen and oxygen atoms in total. The minimum absolute atomic E-state index is 0.478. The van der Waals surface area contributed by atoms with Crippen molar-refractivity contribution in [2.45, 2.75) is 27.3 Å². The molecule has 118 valence electrons. The summed E-state index contributed by atoms with van der Waals surface area (Å²) in [7, 11) is 0. The van der Waals surface area contributed by atoms with Crippen LogP contribution in [0.25, 0.3) is 0 Å². The number of H-pyrrole nitrogens is 1. The fourth-order valence-electron chi connectivity index (χ4n) is 2.43. The average Bonchev–Trinajstić information content (AvgIpc) is 2.99. The third kappa shape index (κ3) is 3.14. The number of aryl methyl sites for hydroxylation is 2. The van der Waals surface area contributed by atoms with E-state index in [0.717, 1.165) is 29.3 Å². The van der Waals surface area contributed by atoms with Crippen molar-refractivity contribution in [2.75, 3.05) is 0 Å². The Morgan fingerprint density at radius 1 is 1.22 bits per heavy atom. The lowest BCUT2D eigenvalue weighted by Crippen LogP contribution is -2.04. The van der Waals surface area contributed by atoms with E-state index in [9.17, 15) is 0 Å². The summed E-state index contributed by atoms with van der Waals surface area (Å²) in [5, 5.41) is 15.8. The summed E-state index contributed by atoms with van der Waals surface area (Å²) in [4.78, 5) is 0. The van der Waals surface area contributed by atoms with Gasteiger partial charge in [-0.25, -0.2) is 0 Å². The Balaban J connectivity index is 1.91. The first-order chi connectivity index (χ1) is 11.1. The summed E-state index contributed by atoms with van der Waals surface area (Å²) >= 11 is 5.16. The molecule has 0 saturated heterocycles. The molecule has 0 atom stereocenters. The van der Waals surface area contributed by atoms with Gasteiger partial charge >= 0.3 is 0 Å². The summed E-state index contributed by atoms with van der Waals surface area (Å²) < 4.78 is 4.07. The maximum absolute atomic E-state index is 5.16. The Labute approximate surface area is 139 Å². The second-order valence-corrected chi connectivity index (χ2v) is 5.75. The van der Waals surface area contributed by atoms with Crippen LogP contribution in [0.4, 0.5) is 0 Å². The van der Waals surface area contributed by atoms with E-state index in [0.29, 0.717) is 4.77 Å². The molecule has 0 unspecified atom stereocenters. The van der Waals surface area contributed by atoms with Crippen molar-refractivity contribution in [3.63, 3.8) is 0 Å². The van der Waals surface area contributed by atoms with Gasteiger partial charge in [-0.15, -0.1) is 0 Å². The van der Waals surface area contributed by atoms with E-state index in [2.05, 4.69) is 32.5 Å². The van der Waals surface area contributed by atoms with E-state index in [1.165, 1.54) is 5.56 Å². The van der Waals surface area contributed by atoms with Gasteiger partial charge in [-0.05, 0) is 38.6 Å². The Morgan fingerprint density at radius 3 is 2.61 bits per heavy atom. The van der Waals surface area contributed by atoms with Crippen LogP contribution in [0.3, 0.4) is 0 Å². The molecule has 23 heavy (non-hydrogen) atoms. The lowest BCUT2D eigenvalue weighted by Gasteiger charge is -2.04. The highest BCUT2D eigenvalue weighted by atomic mass is 32.1. The average molecular weight is 326 g/mol. The molecular weight excluding hydrogens is 308 g/mol. The minimum atomic E-state index is 0.478. The van der Waals surface area contributed by atoms with Gasteiger partial charge in [0.1, 0.15) is 5.82 Å². The van der Waals surface area contributed by atoms with Gasteiger partial charge in [-0.3, -0.25) is 9.78 Å². The van der Waals surface area contributed by atoms with E-state index in [1.807, 2.05) is 43.7 Å². The number of aromatic nitrogens is 5. The first kappa shape index (κ1) is 15.4. The molecule has 2 aromatic heterocycles. The first-order valence-electron chi connectivity index (χ1n) is 7.32. The van der Waals surface area contributed by atoms with Crippen molar-refractivity contribution in [1.82, 2.24) is 24.7 Å². The summed E-state index contributed by atoms with van der Waals surface area (Å²) in [5.41, 5.74) is 4.23. The van der Waals surface area contributed by atoms with Crippen LogP contribution in [-0.4, -0.2) is 30.9 Å². The van der Waals surface area contributed by atoms with Crippen molar-refractivity contribution < 1.29 is 0 Å². The van der Waals surface area contributed by atoms with Gasteiger partial charge in [0.25, 0.3) is 0 Å². The monoisotopic (exact) mass is 326 g/mol. The first-order valence-corrected chi connectivity index (χ1v) is 7.73. The molecule has 1 N–H and O–H groups in total. The largest absolute Gasteiger partial charge is 0.265 e. The zero-order chi connectivity index (χ0) is 16.4. The topological polar surface area (TPSA) is 63.8 Å². The van der Waals surface area contributed by atoms with Crippen LogP contribution >= 0.6 is 12.2 Å². The molecule has 3 aromatic rings. The third-order valence-corrected chi connectivity index (χ3v) is 3.99. The van der Waals surface area contributed by atoms with Crippen LogP contribution in [0.15, 0.2) is 35.4 Å². The number of rotatable bonds is 4. The number of nitrogens with zero attached hydrogens (tertiary/aromatic N) is 5. The Hall–Kier alpha value is -2.54. The van der Waals surface area contributed by atoms with E-state index >= 15 is 0 Å². The van der Waals surface area contributed by atoms with Crippen LogP contribution in [0, 0.1) is 25.5 Å². The predicted molar refractivity (Wildman–Crippen MR) is 92.4 cm³/mol. The minimum Gasteiger partial charge on any atom is -0.265 e. The zero-order valence-electron chi connectivity index (χ0n) is 13.3. The van der Waals surface area contributed by atoms with Gasteiger partial charge in [-0.2, -0.15) is 20.0 Å². The number of hydrogen-bond donors (Lipinski definition) is 1. The molecule has 0 aliphatic heterocycles. The van der Waals surface area contributed by atoms with Crippen molar-refractivity contribution in [1.29, 1.82) is 0 Å². The van der Waals surface area contributed by atoms with Crippen LogP contribution < -0.4 is 0 Å². The standard InChI is InChI=1S/C16H18N6S/c1-11-15(9-17-22-13(3)18-19-16(22)23)12(2)21(20-11)10-14-7-5-4-6-8-14/h4-9H,10H2,1-3H3,(H,19,23). The van der Waals surface area contributed by atoms with Crippen LogP contribution in [0.1, 0.15) is 28.3 Å². The van der Waals surface area contributed by atoms with Gasteiger partial charge < -0.3 is 0 Å². The maximum atomic E-state index is 5.16. The Kier molecular flexibility index (Phi) is 4.20. The number of aromatic amines is 1. The molecule has 1 aromatic carbocycles. The second-order valence-electron chi connectivity index (χ2n) is 5.36. The molecular formula is C16H18N6S. The quantitative estimate of drug-likeness (QED) is 0.592. The molecule has 3 rings (SSSR count). The van der Waals surface area contributed by atoms with Gasteiger partial charge in [-0.1, -0.05) is 30.3 Å². The highest BCUT2D eigenvalue weighted by Crippen LogP contribution is 2.13. The van der Waals surface area contributed by atoms with Gasteiger partial charge in [0, 0.05) is 11.3 Å². The number of nitrogens with one attached hydrogen (secondary N) is 1. The SMILES string of the molecule is Cc1nn(Cc2ccccc2)c(C)c1C=Nn1c(C)n[nH]c1=S. The highest BCUT2D eigenvalue weighted by Gasteiger charge is 2.10. The zero-order valence-corrected chi connectivity index (χ0v) is 14.1. The van der Waals surface area contributed by atoms with Gasteiger partial charge in [0.2, 0.25) is 4.77 Å².